The predicted molar refractivity (Wildman–Crippen MR) is 73.4 cm³/mol. The molecule has 0 aliphatic carbocycles. The average molecular weight is 242 g/mol. The molecule has 1 saturated heterocycles. The zero-order valence-electron chi connectivity index (χ0n) is 12.3. The molecule has 1 heterocycles. The van der Waals surface area contributed by atoms with Crippen LogP contribution < -0.4 is 5.32 Å². The Hall–Kier alpha value is -0.120. The molecular weight excluding hydrogens is 212 g/mol. The van der Waals surface area contributed by atoms with Gasteiger partial charge in [-0.15, -0.1) is 0 Å². The Bertz CT molecular complexity index is 218. The number of hydrogen-bond acceptors (Lipinski definition) is 3. The van der Waals surface area contributed by atoms with Gasteiger partial charge in [0.05, 0.1) is 5.60 Å². The fourth-order valence-corrected chi connectivity index (χ4v) is 2.68. The van der Waals surface area contributed by atoms with Crippen LogP contribution in [0, 0.1) is 0 Å². The minimum atomic E-state index is -0.0306. The molecule has 17 heavy (non-hydrogen) atoms. The first-order valence-corrected chi connectivity index (χ1v) is 7.10. The van der Waals surface area contributed by atoms with E-state index in [0.717, 1.165) is 26.2 Å². The minimum Gasteiger partial charge on any atom is -0.375 e. The van der Waals surface area contributed by atoms with Crippen molar-refractivity contribution in [2.45, 2.75) is 65.1 Å². The molecule has 1 fully saturated rings. The van der Waals surface area contributed by atoms with Gasteiger partial charge in [0.25, 0.3) is 0 Å². The SMILES string of the molecule is CCCC1CN(CC(C)(C)OCC)C(C)CN1. The zero-order chi connectivity index (χ0) is 12.9. The molecule has 0 amide bonds. The average Bonchev–Trinajstić information content (AvgIpc) is 2.23. The summed E-state index contributed by atoms with van der Waals surface area (Å²) in [4.78, 5) is 2.58. The summed E-state index contributed by atoms with van der Waals surface area (Å²) < 4.78 is 5.81. The highest BCUT2D eigenvalue weighted by molar-refractivity contribution is 4.87. The van der Waals surface area contributed by atoms with Crippen LogP contribution in [0.2, 0.25) is 0 Å². The number of piperazine rings is 1. The van der Waals surface area contributed by atoms with Gasteiger partial charge >= 0.3 is 0 Å². The third-order valence-corrected chi connectivity index (χ3v) is 3.54. The van der Waals surface area contributed by atoms with Gasteiger partial charge in [-0.25, -0.2) is 0 Å². The minimum absolute atomic E-state index is 0.0306. The lowest BCUT2D eigenvalue weighted by Gasteiger charge is -2.42. The fourth-order valence-electron chi connectivity index (χ4n) is 2.68. The second-order valence-corrected chi connectivity index (χ2v) is 5.87. The molecule has 0 aromatic rings. The van der Waals surface area contributed by atoms with Crippen molar-refractivity contribution in [1.82, 2.24) is 10.2 Å². The van der Waals surface area contributed by atoms with Crippen molar-refractivity contribution in [3.05, 3.63) is 0 Å². The number of rotatable bonds is 6. The van der Waals surface area contributed by atoms with Crippen molar-refractivity contribution in [2.75, 3.05) is 26.2 Å². The Kier molecular flexibility index (Phi) is 5.90. The number of nitrogens with one attached hydrogen (secondary N) is 1. The molecule has 0 spiro atoms. The summed E-state index contributed by atoms with van der Waals surface area (Å²) in [7, 11) is 0. The van der Waals surface area contributed by atoms with Crippen molar-refractivity contribution in [2.24, 2.45) is 0 Å². The second kappa shape index (κ2) is 6.72. The van der Waals surface area contributed by atoms with Crippen molar-refractivity contribution >= 4 is 0 Å². The summed E-state index contributed by atoms with van der Waals surface area (Å²) in [5, 5.41) is 3.64. The Morgan fingerprint density at radius 2 is 2.06 bits per heavy atom. The van der Waals surface area contributed by atoms with Crippen LogP contribution in [0.5, 0.6) is 0 Å². The van der Waals surface area contributed by atoms with Crippen LogP contribution in [0.1, 0.15) is 47.5 Å². The molecular formula is C14H30N2O. The largest absolute Gasteiger partial charge is 0.375 e. The van der Waals surface area contributed by atoms with Crippen LogP contribution in [0.4, 0.5) is 0 Å². The Morgan fingerprint density at radius 3 is 2.65 bits per heavy atom. The summed E-state index contributed by atoms with van der Waals surface area (Å²) in [6, 6.07) is 1.27. The Morgan fingerprint density at radius 1 is 1.35 bits per heavy atom. The molecule has 0 bridgehead atoms. The maximum Gasteiger partial charge on any atom is 0.0752 e. The quantitative estimate of drug-likeness (QED) is 0.773. The molecule has 3 nitrogen and oxygen atoms in total. The van der Waals surface area contributed by atoms with Gasteiger partial charge in [0.1, 0.15) is 0 Å². The molecule has 1 aliphatic rings. The first-order chi connectivity index (χ1) is 7.98. The highest BCUT2D eigenvalue weighted by Gasteiger charge is 2.29. The van der Waals surface area contributed by atoms with E-state index in [1.54, 1.807) is 0 Å². The standard InChI is InChI=1S/C14H30N2O/c1-6-8-13-10-16(12(3)9-15-13)11-14(4,5)17-7-2/h12-13,15H,6-11H2,1-5H3. The lowest BCUT2D eigenvalue weighted by Crippen LogP contribution is -2.58. The van der Waals surface area contributed by atoms with Gasteiger partial charge in [-0.3, -0.25) is 4.90 Å². The Labute approximate surface area is 107 Å². The van der Waals surface area contributed by atoms with Crippen molar-refractivity contribution in [3.8, 4) is 0 Å². The van der Waals surface area contributed by atoms with E-state index in [2.05, 4.69) is 44.8 Å². The first-order valence-electron chi connectivity index (χ1n) is 7.10. The molecule has 2 atom stereocenters. The molecule has 102 valence electrons. The zero-order valence-corrected chi connectivity index (χ0v) is 12.3. The lowest BCUT2D eigenvalue weighted by molar-refractivity contribution is -0.0473. The molecule has 1 N–H and O–H groups in total. The van der Waals surface area contributed by atoms with Crippen molar-refractivity contribution < 1.29 is 4.74 Å². The van der Waals surface area contributed by atoms with E-state index in [-0.39, 0.29) is 5.60 Å². The van der Waals surface area contributed by atoms with E-state index in [1.165, 1.54) is 12.8 Å². The molecule has 0 aromatic carbocycles. The summed E-state index contributed by atoms with van der Waals surface area (Å²) in [6.45, 7) is 15.1. The Balaban J connectivity index is 2.49. The summed E-state index contributed by atoms with van der Waals surface area (Å²) in [6.07, 6.45) is 2.53. The number of nitrogens with zero attached hydrogens (tertiary/aromatic N) is 1. The maximum atomic E-state index is 5.81. The van der Waals surface area contributed by atoms with Crippen LogP contribution in [0.15, 0.2) is 0 Å². The van der Waals surface area contributed by atoms with Crippen LogP contribution >= 0.6 is 0 Å². The van der Waals surface area contributed by atoms with Gasteiger partial charge in [-0.05, 0) is 34.1 Å². The highest BCUT2D eigenvalue weighted by atomic mass is 16.5. The van der Waals surface area contributed by atoms with Crippen LogP contribution in [0.25, 0.3) is 0 Å². The van der Waals surface area contributed by atoms with E-state index in [9.17, 15) is 0 Å². The van der Waals surface area contributed by atoms with Crippen molar-refractivity contribution in [1.29, 1.82) is 0 Å². The summed E-state index contributed by atoms with van der Waals surface area (Å²) in [5.74, 6) is 0. The van der Waals surface area contributed by atoms with Gasteiger partial charge in [-0.2, -0.15) is 0 Å². The third kappa shape index (κ3) is 4.94. The molecule has 0 radical (unpaired) electrons. The van der Waals surface area contributed by atoms with Gasteiger partial charge in [0.15, 0.2) is 0 Å². The molecule has 1 aliphatic heterocycles. The lowest BCUT2D eigenvalue weighted by atomic mass is 10.0. The van der Waals surface area contributed by atoms with Crippen LogP contribution in [-0.2, 0) is 4.74 Å². The molecule has 2 unspecified atom stereocenters. The van der Waals surface area contributed by atoms with Crippen LogP contribution in [0.3, 0.4) is 0 Å². The predicted octanol–water partition coefficient (Wildman–Crippen LogP) is 2.26. The molecule has 0 aromatic heterocycles. The van der Waals surface area contributed by atoms with Gasteiger partial charge in [0, 0.05) is 38.3 Å². The maximum absolute atomic E-state index is 5.81. The second-order valence-electron chi connectivity index (χ2n) is 5.87. The number of hydrogen-bond donors (Lipinski definition) is 1. The van der Waals surface area contributed by atoms with E-state index in [0.29, 0.717) is 12.1 Å². The monoisotopic (exact) mass is 242 g/mol. The van der Waals surface area contributed by atoms with E-state index in [4.69, 9.17) is 4.74 Å². The normalized spacial score (nSPS) is 27.4. The summed E-state index contributed by atoms with van der Waals surface area (Å²) >= 11 is 0. The van der Waals surface area contributed by atoms with E-state index in [1.807, 2.05) is 0 Å². The highest BCUT2D eigenvalue weighted by Crippen LogP contribution is 2.17. The van der Waals surface area contributed by atoms with Gasteiger partial charge in [0.2, 0.25) is 0 Å². The fraction of sp³-hybridized carbons (Fsp3) is 1.00. The van der Waals surface area contributed by atoms with E-state index >= 15 is 0 Å². The van der Waals surface area contributed by atoms with Gasteiger partial charge < -0.3 is 10.1 Å². The van der Waals surface area contributed by atoms with E-state index < -0.39 is 0 Å². The molecule has 0 saturated carbocycles. The molecule has 3 heteroatoms. The van der Waals surface area contributed by atoms with Crippen LogP contribution in [-0.4, -0.2) is 48.8 Å². The number of ether oxygens (including phenoxy) is 1. The third-order valence-electron chi connectivity index (χ3n) is 3.54. The van der Waals surface area contributed by atoms with Crippen molar-refractivity contribution in [3.63, 3.8) is 0 Å². The summed E-state index contributed by atoms with van der Waals surface area (Å²) in [5.41, 5.74) is -0.0306. The van der Waals surface area contributed by atoms with Gasteiger partial charge in [-0.1, -0.05) is 13.3 Å². The molecule has 1 rings (SSSR count). The first kappa shape index (κ1) is 14.9. The topological polar surface area (TPSA) is 24.5 Å². The smallest absolute Gasteiger partial charge is 0.0752 e.